The molecule has 0 unspecified atom stereocenters. The van der Waals surface area contributed by atoms with Gasteiger partial charge in [0.1, 0.15) is 0 Å². The Morgan fingerprint density at radius 1 is 1.15 bits per heavy atom. The van der Waals surface area contributed by atoms with E-state index in [1.165, 1.54) is 25.7 Å². The predicted molar refractivity (Wildman–Crippen MR) is 54.3 cm³/mol. The van der Waals surface area contributed by atoms with Crippen molar-refractivity contribution in [1.29, 1.82) is 0 Å². The molecule has 1 rings (SSSR count). The SMILES string of the molecule is NC(N)=NC(N)=NCC1CCCC1. The van der Waals surface area contributed by atoms with Gasteiger partial charge in [0, 0.05) is 6.54 Å². The molecule has 0 bridgehead atoms. The van der Waals surface area contributed by atoms with Gasteiger partial charge >= 0.3 is 0 Å². The van der Waals surface area contributed by atoms with Gasteiger partial charge < -0.3 is 17.2 Å². The monoisotopic (exact) mass is 183 g/mol. The molecule has 5 nitrogen and oxygen atoms in total. The highest BCUT2D eigenvalue weighted by Crippen LogP contribution is 2.24. The van der Waals surface area contributed by atoms with Gasteiger partial charge in [-0.2, -0.15) is 4.99 Å². The Labute approximate surface area is 78.1 Å². The Balaban J connectivity index is 2.33. The topological polar surface area (TPSA) is 103 Å². The molecule has 1 aliphatic rings. The highest BCUT2D eigenvalue weighted by Gasteiger charge is 2.13. The standard InChI is InChI=1S/C8H17N5/c9-7(10)13-8(11)12-5-6-3-1-2-4-6/h6H,1-5H2,(H6,9,10,11,12,13). The molecule has 0 aromatic rings. The van der Waals surface area contributed by atoms with E-state index in [1.807, 2.05) is 0 Å². The zero-order valence-corrected chi connectivity index (χ0v) is 7.74. The molecule has 0 atom stereocenters. The van der Waals surface area contributed by atoms with E-state index in [2.05, 4.69) is 9.98 Å². The first-order valence-electron chi connectivity index (χ1n) is 4.58. The zero-order valence-electron chi connectivity index (χ0n) is 7.74. The first kappa shape index (κ1) is 9.83. The molecular weight excluding hydrogens is 166 g/mol. The Hall–Kier alpha value is -1.26. The summed E-state index contributed by atoms with van der Waals surface area (Å²) < 4.78 is 0. The van der Waals surface area contributed by atoms with E-state index < -0.39 is 0 Å². The van der Waals surface area contributed by atoms with Crippen LogP contribution < -0.4 is 17.2 Å². The van der Waals surface area contributed by atoms with Crippen molar-refractivity contribution in [1.82, 2.24) is 0 Å². The summed E-state index contributed by atoms with van der Waals surface area (Å²) in [6, 6.07) is 0. The summed E-state index contributed by atoms with van der Waals surface area (Å²) in [6.45, 7) is 0.753. The fourth-order valence-electron chi connectivity index (χ4n) is 1.58. The van der Waals surface area contributed by atoms with Gasteiger partial charge in [0.15, 0.2) is 5.96 Å². The van der Waals surface area contributed by atoms with Gasteiger partial charge in [-0.3, -0.25) is 4.99 Å². The van der Waals surface area contributed by atoms with Gasteiger partial charge in [0.05, 0.1) is 0 Å². The summed E-state index contributed by atoms with van der Waals surface area (Å²) in [6.07, 6.45) is 5.11. The molecule has 0 aliphatic heterocycles. The molecular formula is C8H17N5. The van der Waals surface area contributed by atoms with E-state index >= 15 is 0 Å². The Morgan fingerprint density at radius 2 is 1.77 bits per heavy atom. The molecule has 6 N–H and O–H groups in total. The lowest BCUT2D eigenvalue weighted by atomic mass is 10.1. The van der Waals surface area contributed by atoms with Gasteiger partial charge in [-0.1, -0.05) is 12.8 Å². The van der Waals surface area contributed by atoms with E-state index in [-0.39, 0.29) is 11.9 Å². The number of nitrogens with zero attached hydrogens (tertiary/aromatic N) is 2. The van der Waals surface area contributed by atoms with Crippen molar-refractivity contribution in [2.45, 2.75) is 25.7 Å². The molecule has 0 aromatic heterocycles. The second kappa shape index (κ2) is 4.69. The number of hydrogen-bond donors (Lipinski definition) is 3. The molecule has 1 fully saturated rings. The van der Waals surface area contributed by atoms with Crippen molar-refractivity contribution >= 4 is 11.9 Å². The van der Waals surface area contributed by atoms with Crippen molar-refractivity contribution in [3.63, 3.8) is 0 Å². The van der Waals surface area contributed by atoms with E-state index in [4.69, 9.17) is 17.2 Å². The largest absolute Gasteiger partial charge is 0.370 e. The van der Waals surface area contributed by atoms with Crippen LogP contribution in [-0.4, -0.2) is 18.5 Å². The summed E-state index contributed by atoms with van der Waals surface area (Å²) >= 11 is 0. The molecule has 0 radical (unpaired) electrons. The van der Waals surface area contributed by atoms with Crippen LogP contribution in [0, 0.1) is 5.92 Å². The lowest BCUT2D eigenvalue weighted by Gasteiger charge is -2.03. The van der Waals surface area contributed by atoms with E-state index in [1.54, 1.807) is 0 Å². The quantitative estimate of drug-likeness (QED) is 0.406. The van der Waals surface area contributed by atoms with Crippen molar-refractivity contribution in [2.24, 2.45) is 33.1 Å². The van der Waals surface area contributed by atoms with Crippen LogP contribution in [0.15, 0.2) is 9.98 Å². The number of hydrogen-bond acceptors (Lipinski definition) is 1. The van der Waals surface area contributed by atoms with Crippen LogP contribution in [0.5, 0.6) is 0 Å². The highest BCUT2D eigenvalue weighted by molar-refractivity contribution is 5.92. The maximum atomic E-state index is 5.46. The van der Waals surface area contributed by atoms with Gasteiger partial charge in [-0.15, -0.1) is 0 Å². The minimum Gasteiger partial charge on any atom is -0.370 e. The summed E-state index contributed by atoms with van der Waals surface area (Å²) in [5.41, 5.74) is 15.7. The molecule has 0 heterocycles. The maximum Gasteiger partial charge on any atom is 0.218 e. The third-order valence-corrected chi connectivity index (χ3v) is 2.23. The smallest absolute Gasteiger partial charge is 0.218 e. The third-order valence-electron chi connectivity index (χ3n) is 2.23. The number of guanidine groups is 2. The summed E-state index contributed by atoms with van der Waals surface area (Å²) in [4.78, 5) is 7.73. The van der Waals surface area contributed by atoms with Crippen LogP contribution in [0.4, 0.5) is 0 Å². The molecule has 0 aromatic carbocycles. The molecule has 1 aliphatic carbocycles. The molecule has 5 heteroatoms. The van der Waals surface area contributed by atoms with Gasteiger partial charge in [0.2, 0.25) is 5.96 Å². The van der Waals surface area contributed by atoms with Crippen molar-refractivity contribution in [3.8, 4) is 0 Å². The zero-order chi connectivity index (χ0) is 9.68. The number of rotatable bonds is 2. The number of aliphatic imine (C=N–C) groups is 2. The fraction of sp³-hybridized carbons (Fsp3) is 0.750. The second-order valence-electron chi connectivity index (χ2n) is 3.39. The minimum atomic E-state index is -0.0346. The first-order valence-corrected chi connectivity index (χ1v) is 4.58. The average Bonchev–Trinajstić information content (AvgIpc) is 2.51. The minimum absolute atomic E-state index is 0.0346. The van der Waals surface area contributed by atoms with Crippen molar-refractivity contribution in [2.75, 3.05) is 6.54 Å². The molecule has 74 valence electrons. The summed E-state index contributed by atoms with van der Waals surface area (Å²) in [7, 11) is 0. The third kappa shape index (κ3) is 3.78. The fourth-order valence-corrected chi connectivity index (χ4v) is 1.58. The predicted octanol–water partition coefficient (Wildman–Crippen LogP) is -0.235. The molecule has 0 saturated heterocycles. The second-order valence-corrected chi connectivity index (χ2v) is 3.39. The molecule has 0 amide bonds. The lowest BCUT2D eigenvalue weighted by molar-refractivity contribution is 0.563. The van der Waals surface area contributed by atoms with E-state index in [9.17, 15) is 0 Å². The van der Waals surface area contributed by atoms with Crippen LogP contribution >= 0.6 is 0 Å². The Bertz CT molecular complexity index is 211. The Kier molecular flexibility index (Phi) is 3.54. The lowest BCUT2D eigenvalue weighted by Crippen LogP contribution is -2.26. The molecule has 13 heavy (non-hydrogen) atoms. The maximum absolute atomic E-state index is 5.46. The van der Waals surface area contributed by atoms with Gasteiger partial charge in [-0.05, 0) is 18.8 Å². The van der Waals surface area contributed by atoms with Gasteiger partial charge in [0.25, 0.3) is 0 Å². The van der Waals surface area contributed by atoms with Crippen molar-refractivity contribution in [3.05, 3.63) is 0 Å². The van der Waals surface area contributed by atoms with Crippen molar-refractivity contribution < 1.29 is 0 Å². The van der Waals surface area contributed by atoms with E-state index in [0.717, 1.165) is 6.54 Å². The summed E-state index contributed by atoms with van der Waals surface area (Å²) in [5, 5.41) is 0. The normalized spacial score (nSPS) is 18.9. The first-order chi connectivity index (χ1) is 6.18. The van der Waals surface area contributed by atoms with Crippen LogP contribution in [0.3, 0.4) is 0 Å². The van der Waals surface area contributed by atoms with Gasteiger partial charge in [-0.25, -0.2) is 0 Å². The number of nitrogens with two attached hydrogens (primary N) is 3. The highest BCUT2D eigenvalue weighted by atomic mass is 15.1. The molecule has 1 saturated carbocycles. The molecule has 0 spiro atoms. The van der Waals surface area contributed by atoms with Crippen LogP contribution in [0.25, 0.3) is 0 Å². The average molecular weight is 183 g/mol. The van der Waals surface area contributed by atoms with Crippen LogP contribution in [0.2, 0.25) is 0 Å². The summed E-state index contributed by atoms with van der Waals surface area (Å²) in [5.74, 6) is 0.826. The van der Waals surface area contributed by atoms with Crippen LogP contribution in [0.1, 0.15) is 25.7 Å². The Morgan fingerprint density at radius 3 is 2.31 bits per heavy atom. The van der Waals surface area contributed by atoms with Crippen LogP contribution in [-0.2, 0) is 0 Å². The van der Waals surface area contributed by atoms with E-state index in [0.29, 0.717) is 5.92 Å².